The predicted molar refractivity (Wildman–Crippen MR) is 106 cm³/mol. The molecular weight excluding hydrogens is 417 g/mol. The molecule has 1 rings (SSSR count). The van der Waals surface area contributed by atoms with Crippen molar-refractivity contribution in [3.63, 3.8) is 0 Å². The van der Waals surface area contributed by atoms with E-state index in [0.717, 1.165) is 0 Å². The SMILES string of the molecule is CC(C)OC(=O)CNP(=O)(O)OCC1CC(C)(C#N)C(N(C)/C=C\C(=N)NC=O)O1. The van der Waals surface area contributed by atoms with Crippen LogP contribution in [0, 0.1) is 22.2 Å². The molecule has 4 atom stereocenters. The summed E-state index contributed by atoms with van der Waals surface area (Å²) < 4.78 is 27.7. The quantitative estimate of drug-likeness (QED) is 0.115. The molecule has 1 aliphatic heterocycles. The van der Waals surface area contributed by atoms with Gasteiger partial charge in [0.2, 0.25) is 6.41 Å². The van der Waals surface area contributed by atoms with Crippen molar-refractivity contribution in [2.24, 2.45) is 5.41 Å². The maximum Gasteiger partial charge on any atom is 0.403 e. The third-order valence-corrected chi connectivity index (χ3v) is 5.12. The van der Waals surface area contributed by atoms with E-state index < -0.39 is 38.0 Å². The first-order valence-corrected chi connectivity index (χ1v) is 10.7. The maximum absolute atomic E-state index is 12.1. The molecule has 0 aromatic heterocycles. The first kappa shape index (κ1) is 25.7. The second-order valence-corrected chi connectivity index (χ2v) is 8.81. The van der Waals surface area contributed by atoms with Gasteiger partial charge in [-0.05, 0) is 33.3 Å². The van der Waals surface area contributed by atoms with Crippen molar-refractivity contribution < 1.29 is 33.0 Å². The minimum Gasteiger partial charge on any atom is -0.462 e. The molecule has 4 N–H and O–H groups in total. The molecular formula is C17H28N5O7P. The molecule has 1 amide bonds. The van der Waals surface area contributed by atoms with Gasteiger partial charge in [-0.15, -0.1) is 0 Å². The van der Waals surface area contributed by atoms with Gasteiger partial charge in [0, 0.05) is 13.2 Å². The minimum absolute atomic E-state index is 0.142. The number of carbonyl (C=O) groups is 2. The number of ether oxygens (including phenoxy) is 2. The average molecular weight is 445 g/mol. The second kappa shape index (κ2) is 11.2. The molecule has 0 aliphatic carbocycles. The molecule has 0 spiro atoms. The van der Waals surface area contributed by atoms with Gasteiger partial charge in [-0.3, -0.25) is 19.5 Å². The van der Waals surface area contributed by atoms with Crippen LogP contribution >= 0.6 is 7.75 Å². The third-order valence-electron chi connectivity index (χ3n) is 4.06. The van der Waals surface area contributed by atoms with Gasteiger partial charge in [0.25, 0.3) is 0 Å². The van der Waals surface area contributed by atoms with Crippen LogP contribution in [0.5, 0.6) is 0 Å². The van der Waals surface area contributed by atoms with E-state index in [1.807, 2.05) is 0 Å². The lowest BCUT2D eigenvalue weighted by molar-refractivity contribution is -0.146. The highest BCUT2D eigenvalue weighted by Crippen LogP contribution is 2.42. The van der Waals surface area contributed by atoms with Crippen LogP contribution in [0.1, 0.15) is 27.2 Å². The van der Waals surface area contributed by atoms with Crippen LogP contribution in [0.4, 0.5) is 0 Å². The molecule has 1 aliphatic rings. The smallest absolute Gasteiger partial charge is 0.403 e. The molecule has 0 saturated carbocycles. The van der Waals surface area contributed by atoms with Crippen LogP contribution in [0.3, 0.4) is 0 Å². The fourth-order valence-corrected chi connectivity index (χ4v) is 3.57. The van der Waals surface area contributed by atoms with Crippen molar-refractivity contribution in [1.29, 1.82) is 10.7 Å². The molecule has 30 heavy (non-hydrogen) atoms. The van der Waals surface area contributed by atoms with E-state index in [-0.39, 0.29) is 25.0 Å². The van der Waals surface area contributed by atoms with Gasteiger partial charge in [0.1, 0.15) is 24.0 Å². The van der Waals surface area contributed by atoms with Crippen LogP contribution in [0.2, 0.25) is 0 Å². The van der Waals surface area contributed by atoms with E-state index in [2.05, 4.69) is 16.5 Å². The first-order chi connectivity index (χ1) is 13.9. The van der Waals surface area contributed by atoms with E-state index in [9.17, 15) is 24.3 Å². The Bertz CT molecular complexity index is 753. The Morgan fingerprint density at radius 2 is 2.23 bits per heavy atom. The Morgan fingerprint density at radius 3 is 2.80 bits per heavy atom. The van der Waals surface area contributed by atoms with E-state index in [1.165, 1.54) is 12.3 Å². The number of nitriles is 1. The van der Waals surface area contributed by atoms with Crippen molar-refractivity contribution in [2.75, 3.05) is 20.2 Å². The molecule has 1 heterocycles. The van der Waals surface area contributed by atoms with Crippen LogP contribution in [-0.4, -0.2) is 66.6 Å². The minimum atomic E-state index is -4.28. The lowest BCUT2D eigenvalue weighted by Gasteiger charge is -2.30. The zero-order valence-corrected chi connectivity index (χ0v) is 18.2. The number of esters is 1. The fraction of sp³-hybridized carbons (Fsp3) is 0.647. The molecule has 0 bridgehead atoms. The van der Waals surface area contributed by atoms with Crippen molar-refractivity contribution >= 4 is 26.0 Å². The Hall–Kier alpha value is -2.29. The van der Waals surface area contributed by atoms with Crippen molar-refractivity contribution in [2.45, 2.75) is 45.6 Å². The summed E-state index contributed by atoms with van der Waals surface area (Å²) in [6.07, 6.45) is 1.66. The van der Waals surface area contributed by atoms with Gasteiger partial charge in [-0.2, -0.15) is 5.26 Å². The topological polar surface area (TPSA) is 174 Å². The van der Waals surface area contributed by atoms with Gasteiger partial charge in [0.15, 0.2) is 0 Å². The van der Waals surface area contributed by atoms with E-state index in [4.69, 9.17) is 19.4 Å². The largest absolute Gasteiger partial charge is 0.462 e. The summed E-state index contributed by atoms with van der Waals surface area (Å²) in [6.45, 7) is 4.20. The summed E-state index contributed by atoms with van der Waals surface area (Å²) in [5.74, 6) is -0.836. The van der Waals surface area contributed by atoms with Crippen molar-refractivity contribution in [1.82, 2.24) is 15.3 Å². The number of carbonyl (C=O) groups excluding carboxylic acids is 2. The van der Waals surface area contributed by atoms with Gasteiger partial charge in [0.05, 0.1) is 24.9 Å². The lowest BCUT2D eigenvalue weighted by atomic mass is 9.86. The molecule has 1 saturated heterocycles. The van der Waals surface area contributed by atoms with Crippen LogP contribution in [-0.2, 0) is 28.2 Å². The Kier molecular flexibility index (Phi) is 9.61. The Balaban J connectivity index is 2.65. The normalized spacial score (nSPS) is 25.5. The number of rotatable bonds is 11. The molecule has 0 radical (unpaired) electrons. The number of nitrogens with zero attached hydrogens (tertiary/aromatic N) is 2. The summed E-state index contributed by atoms with van der Waals surface area (Å²) in [6, 6.07) is 2.18. The maximum atomic E-state index is 12.1. The number of nitrogens with one attached hydrogen (secondary N) is 3. The lowest BCUT2D eigenvalue weighted by Crippen LogP contribution is -2.38. The van der Waals surface area contributed by atoms with E-state index >= 15 is 0 Å². The van der Waals surface area contributed by atoms with Crippen LogP contribution < -0.4 is 10.4 Å². The highest BCUT2D eigenvalue weighted by atomic mass is 31.2. The first-order valence-electron chi connectivity index (χ1n) is 9.10. The number of hydrogen-bond donors (Lipinski definition) is 4. The monoisotopic (exact) mass is 445 g/mol. The van der Waals surface area contributed by atoms with Crippen LogP contribution in [0.15, 0.2) is 12.3 Å². The Labute approximate surface area is 175 Å². The molecule has 4 unspecified atom stereocenters. The summed E-state index contributed by atoms with van der Waals surface area (Å²) in [5, 5.41) is 21.4. The molecule has 1 fully saturated rings. The third kappa shape index (κ3) is 8.22. The molecule has 13 heteroatoms. The summed E-state index contributed by atoms with van der Waals surface area (Å²) in [7, 11) is -2.65. The van der Waals surface area contributed by atoms with Gasteiger partial charge in [-0.1, -0.05) is 0 Å². The van der Waals surface area contributed by atoms with Gasteiger partial charge < -0.3 is 24.6 Å². The Morgan fingerprint density at radius 1 is 1.57 bits per heavy atom. The van der Waals surface area contributed by atoms with Crippen molar-refractivity contribution in [3.05, 3.63) is 12.3 Å². The van der Waals surface area contributed by atoms with Gasteiger partial charge in [-0.25, -0.2) is 9.65 Å². The number of amidine groups is 1. The highest BCUT2D eigenvalue weighted by molar-refractivity contribution is 7.50. The summed E-state index contributed by atoms with van der Waals surface area (Å²) >= 11 is 0. The zero-order chi connectivity index (χ0) is 22.9. The van der Waals surface area contributed by atoms with Gasteiger partial charge >= 0.3 is 13.7 Å². The zero-order valence-electron chi connectivity index (χ0n) is 17.3. The van der Waals surface area contributed by atoms with Crippen molar-refractivity contribution in [3.8, 4) is 6.07 Å². The standard InChI is InChI=1S/C17H28N5O7P/c1-12(2)28-15(24)8-21-30(25,26)27-9-13-7-17(3,10-18)16(29-13)22(4)6-5-14(19)20-11-23/h5-6,11-13,16H,7-9H2,1-4H3,(H2,19,20,23)(H2,21,25,26)/b6-5-. The summed E-state index contributed by atoms with van der Waals surface area (Å²) in [4.78, 5) is 33.2. The number of hydrogen-bond acceptors (Lipinski definition) is 9. The highest BCUT2D eigenvalue weighted by Gasteiger charge is 2.47. The van der Waals surface area contributed by atoms with E-state index in [1.54, 1.807) is 32.7 Å². The molecule has 168 valence electrons. The fourth-order valence-electron chi connectivity index (χ4n) is 2.78. The molecule has 0 aromatic rings. The summed E-state index contributed by atoms with van der Waals surface area (Å²) in [5.41, 5.74) is -0.957. The van der Waals surface area contributed by atoms with E-state index in [0.29, 0.717) is 6.41 Å². The molecule has 12 nitrogen and oxygen atoms in total. The average Bonchev–Trinajstić information content (AvgIpc) is 3.00. The number of amides is 1. The second-order valence-electron chi connectivity index (χ2n) is 7.19. The predicted octanol–water partition coefficient (Wildman–Crippen LogP) is 0.458. The van der Waals surface area contributed by atoms with Crippen LogP contribution in [0.25, 0.3) is 0 Å². The molecule has 0 aromatic carbocycles.